The van der Waals surface area contributed by atoms with E-state index in [0.717, 1.165) is 11.0 Å². The lowest BCUT2D eigenvalue weighted by atomic mass is 10.0. The fourth-order valence-electron chi connectivity index (χ4n) is 2.14. The first-order valence-corrected chi connectivity index (χ1v) is 5.77. The molecule has 0 aliphatic carbocycles. The van der Waals surface area contributed by atoms with Gasteiger partial charge in [0.2, 0.25) is 0 Å². The maximum Gasteiger partial charge on any atom is 0.195 e. The number of rotatable bonds is 2. The molecule has 0 spiro atoms. The summed E-state index contributed by atoms with van der Waals surface area (Å²) in [5, 5.41) is 0.897. The molecule has 18 heavy (non-hydrogen) atoms. The second-order valence-corrected chi connectivity index (χ2v) is 4.22. The summed E-state index contributed by atoms with van der Waals surface area (Å²) in [5.41, 5.74) is 2.23. The topological polar surface area (TPSA) is 34.9 Å². The van der Waals surface area contributed by atoms with Gasteiger partial charge in [0.15, 0.2) is 5.78 Å². The van der Waals surface area contributed by atoms with Gasteiger partial charge in [-0.25, -0.2) is 4.98 Å². The van der Waals surface area contributed by atoms with Crippen molar-refractivity contribution in [3.8, 4) is 0 Å². The summed E-state index contributed by atoms with van der Waals surface area (Å²) in [6.45, 7) is 0. The molecule has 0 aliphatic heterocycles. The summed E-state index contributed by atoms with van der Waals surface area (Å²) in [6, 6.07) is 13.1. The minimum Gasteiger partial charge on any atom is -0.335 e. The fourth-order valence-corrected chi connectivity index (χ4v) is 2.14. The van der Waals surface area contributed by atoms with Gasteiger partial charge in [-0.2, -0.15) is 0 Å². The third kappa shape index (κ3) is 1.61. The molecule has 0 aliphatic rings. The second-order valence-electron chi connectivity index (χ2n) is 4.22. The molecule has 88 valence electrons. The van der Waals surface area contributed by atoms with Crippen LogP contribution in [-0.2, 0) is 7.05 Å². The standard InChI is InChI=1S/C15H12N2O/c1-17-10-13(12-8-5-9-16-15(12)17)14(18)11-6-3-2-4-7-11/h2-10H,1H3. The lowest BCUT2D eigenvalue weighted by Crippen LogP contribution is -1.99. The molecule has 3 rings (SSSR count). The summed E-state index contributed by atoms with van der Waals surface area (Å²) in [7, 11) is 1.90. The van der Waals surface area contributed by atoms with Crippen molar-refractivity contribution in [3.05, 3.63) is 66.0 Å². The highest BCUT2D eigenvalue weighted by atomic mass is 16.1. The molecular formula is C15H12N2O. The number of hydrogen-bond acceptors (Lipinski definition) is 2. The van der Waals surface area contributed by atoms with Crippen LogP contribution in [0.5, 0.6) is 0 Å². The fraction of sp³-hybridized carbons (Fsp3) is 0.0667. The van der Waals surface area contributed by atoms with Crippen LogP contribution >= 0.6 is 0 Å². The van der Waals surface area contributed by atoms with Gasteiger partial charge in [-0.15, -0.1) is 0 Å². The molecule has 3 heteroatoms. The Morgan fingerprint density at radius 3 is 2.67 bits per heavy atom. The number of benzene rings is 1. The number of carbonyl (C=O) groups excluding carboxylic acids is 1. The Bertz CT molecular complexity index is 714. The first-order chi connectivity index (χ1) is 8.77. The third-order valence-corrected chi connectivity index (χ3v) is 3.01. The first kappa shape index (κ1) is 10.7. The normalized spacial score (nSPS) is 10.7. The summed E-state index contributed by atoms with van der Waals surface area (Å²) in [5.74, 6) is 0.0363. The van der Waals surface area contributed by atoms with Crippen molar-refractivity contribution >= 4 is 16.8 Å². The monoisotopic (exact) mass is 236 g/mol. The van der Waals surface area contributed by atoms with Crippen LogP contribution in [0.2, 0.25) is 0 Å². The van der Waals surface area contributed by atoms with E-state index in [0.29, 0.717) is 11.1 Å². The van der Waals surface area contributed by atoms with Gasteiger partial charge in [0.05, 0.1) is 0 Å². The highest BCUT2D eigenvalue weighted by molar-refractivity contribution is 6.16. The van der Waals surface area contributed by atoms with Crippen molar-refractivity contribution in [1.82, 2.24) is 9.55 Å². The zero-order valence-electron chi connectivity index (χ0n) is 10.00. The second kappa shape index (κ2) is 4.11. The molecule has 2 aromatic heterocycles. The predicted molar refractivity (Wildman–Crippen MR) is 70.6 cm³/mol. The Morgan fingerprint density at radius 1 is 1.11 bits per heavy atom. The van der Waals surface area contributed by atoms with Crippen molar-refractivity contribution in [2.45, 2.75) is 0 Å². The van der Waals surface area contributed by atoms with Gasteiger partial charge in [0.25, 0.3) is 0 Å². The van der Waals surface area contributed by atoms with E-state index in [4.69, 9.17) is 0 Å². The van der Waals surface area contributed by atoms with Crippen molar-refractivity contribution in [2.75, 3.05) is 0 Å². The smallest absolute Gasteiger partial charge is 0.195 e. The number of aromatic nitrogens is 2. The van der Waals surface area contributed by atoms with Crippen molar-refractivity contribution < 1.29 is 4.79 Å². The molecule has 0 saturated heterocycles. The van der Waals surface area contributed by atoms with E-state index in [1.165, 1.54) is 0 Å². The molecule has 0 atom stereocenters. The van der Waals surface area contributed by atoms with Gasteiger partial charge < -0.3 is 4.57 Å². The maximum atomic E-state index is 12.4. The van der Waals surface area contributed by atoms with Crippen LogP contribution in [0, 0.1) is 0 Å². The third-order valence-electron chi connectivity index (χ3n) is 3.01. The number of fused-ring (bicyclic) bond motifs is 1. The van der Waals surface area contributed by atoms with Crippen LogP contribution in [0.15, 0.2) is 54.9 Å². The minimum atomic E-state index is 0.0363. The van der Waals surface area contributed by atoms with Crippen molar-refractivity contribution in [1.29, 1.82) is 0 Å². The van der Waals surface area contributed by atoms with Gasteiger partial charge >= 0.3 is 0 Å². The molecule has 3 aromatic rings. The largest absolute Gasteiger partial charge is 0.335 e. The molecule has 0 radical (unpaired) electrons. The molecule has 0 saturated carbocycles. The molecule has 0 fully saturated rings. The van der Waals surface area contributed by atoms with E-state index in [-0.39, 0.29) is 5.78 Å². The molecule has 2 heterocycles. The number of pyridine rings is 1. The zero-order valence-corrected chi connectivity index (χ0v) is 10.00. The molecular weight excluding hydrogens is 224 g/mol. The summed E-state index contributed by atoms with van der Waals surface area (Å²) < 4.78 is 1.88. The van der Waals surface area contributed by atoms with Crippen molar-refractivity contribution in [3.63, 3.8) is 0 Å². The zero-order chi connectivity index (χ0) is 12.5. The quantitative estimate of drug-likeness (QED) is 0.641. The average molecular weight is 236 g/mol. The highest BCUT2D eigenvalue weighted by Gasteiger charge is 2.15. The Kier molecular flexibility index (Phi) is 2.45. The van der Waals surface area contributed by atoms with E-state index in [9.17, 15) is 4.79 Å². The van der Waals surface area contributed by atoms with Crippen molar-refractivity contribution in [2.24, 2.45) is 7.05 Å². The van der Waals surface area contributed by atoms with Crippen LogP contribution in [0.3, 0.4) is 0 Å². The molecule has 0 unspecified atom stereocenters. The van der Waals surface area contributed by atoms with Crippen LogP contribution in [-0.4, -0.2) is 15.3 Å². The van der Waals surface area contributed by atoms with Gasteiger partial charge in [-0.3, -0.25) is 4.79 Å². The van der Waals surface area contributed by atoms with Gasteiger partial charge in [0.1, 0.15) is 5.65 Å². The number of aryl methyl sites for hydroxylation is 1. The minimum absolute atomic E-state index is 0.0363. The SMILES string of the molecule is Cn1cc(C(=O)c2ccccc2)c2cccnc21. The van der Waals surface area contributed by atoms with Gasteiger partial charge in [-0.05, 0) is 12.1 Å². The molecule has 0 N–H and O–H groups in total. The summed E-state index contributed by atoms with van der Waals surface area (Å²) >= 11 is 0. The molecule has 0 amide bonds. The first-order valence-electron chi connectivity index (χ1n) is 5.77. The van der Waals surface area contributed by atoms with E-state index >= 15 is 0 Å². The number of hydrogen-bond donors (Lipinski definition) is 0. The molecule has 1 aromatic carbocycles. The summed E-state index contributed by atoms with van der Waals surface area (Å²) in [4.78, 5) is 16.7. The van der Waals surface area contributed by atoms with E-state index in [2.05, 4.69) is 4.98 Å². The maximum absolute atomic E-state index is 12.4. The number of ketones is 1. The molecule has 3 nitrogen and oxygen atoms in total. The van der Waals surface area contributed by atoms with Crippen LogP contribution in [0.4, 0.5) is 0 Å². The highest BCUT2D eigenvalue weighted by Crippen LogP contribution is 2.21. The van der Waals surface area contributed by atoms with Gasteiger partial charge in [0, 0.05) is 36.0 Å². The summed E-state index contributed by atoms with van der Waals surface area (Å²) in [6.07, 6.45) is 3.58. The Labute approximate surface area is 105 Å². The van der Waals surface area contributed by atoms with E-state index < -0.39 is 0 Å². The van der Waals surface area contributed by atoms with Crippen LogP contribution in [0.25, 0.3) is 11.0 Å². The van der Waals surface area contributed by atoms with E-state index in [1.807, 2.05) is 60.3 Å². The van der Waals surface area contributed by atoms with E-state index in [1.54, 1.807) is 6.20 Å². The number of nitrogens with zero attached hydrogens (tertiary/aromatic N) is 2. The van der Waals surface area contributed by atoms with Crippen LogP contribution < -0.4 is 0 Å². The Morgan fingerprint density at radius 2 is 1.89 bits per heavy atom. The Hall–Kier alpha value is -2.42. The van der Waals surface area contributed by atoms with Crippen LogP contribution in [0.1, 0.15) is 15.9 Å². The molecule has 0 bridgehead atoms. The Balaban J connectivity index is 2.19. The number of carbonyl (C=O) groups is 1. The van der Waals surface area contributed by atoms with Gasteiger partial charge in [-0.1, -0.05) is 30.3 Å². The lowest BCUT2D eigenvalue weighted by Gasteiger charge is -1.98. The predicted octanol–water partition coefficient (Wildman–Crippen LogP) is 2.80. The lowest BCUT2D eigenvalue weighted by molar-refractivity contribution is 0.104. The average Bonchev–Trinajstić information content (AvgIpc) is 2.77.